The van der Waals surface area contributed by atoms with Crippen molar-refractivity contribution >= 4 is 101 Å². The van der Waals surface area contributed by atoms with Crippen LogP contribution in [0, 0.1) is 0 Å². The van der Waals surface area contributed by atoms with Crippen LogP contribution < -0.4 is 4.90 Å². The Labute approximate surface area is 312 Å². The first-order chi connectivity index (χ1) is 25.5. The molecule has 0 unspecified atom stereocenters. The van der Waals surface area contributed by atoms with E-state index in [0.717, 1.165) is 5.69 Å². The van der Waals surface area contributed by atoms with Crippen molar-refractivity contribution in [2.75, 3.05) is 17.4 Å². The highest BCUT2D eigenvalue weighted by Crippen LogP contribution is 2.69. The van der Waals surface area contributed by atoms with E-state index in [-0.39, 0.29) is 0 Å². The topological polar surface area (TPSA) is 3.24 Å². The number of rotatable bonds is 4. The van der Waals surface area contributed by atoms with Gasteiger partial charge >= 0.3 is 0 Å². The molecule has 0 atom stereocenters. The zero-order valence-corrected chi connectivity index (χ0v) is 31.2. The van der Waals surface area contributed by atoms with Crippen LogP contribution in [-0.2, 0) is 0 Å². The molecular formula is C48H33NS3. The van der Waals surface area contributed by atoms with E-state index < -0.39 is 10.0 Å². The fourth-order valence-electron chi connectivity index (χ4n) is 8.44. The molecule has 1 aliphatic rings. The van der Waals surface area contributed by atoms with Crippen molar-refractivity contribution in [1.82, 2.24) is 0 Å². The zero-order chi connectivity index (χ0) is 34.6. The molecular weight excluding hydrogens is 687 g/mol. The Hall–Kier alpha value is -5.39. The Morgan fingerprint density at radius 1 is 0.423 bits per heavy atom. The van der Waals surface area contributed by atoms with Crippen LogP contribution in [0.2, 0.25) is 0 Å². The van der Waals surface area contributed by atoms with Gasteiger partial charge in [0.05, 0.1) is 0 Å². The summed E-state index contributed by atoms with van der Waals surface area (Å²) in [5, 5.41) is 7.90. The summed E-state index contributed by atoms with van der Waals surface area (Å²) in [6, 6.07) is 61.2. The normalized spacial score (nSPS) is 14.0. The predicted molar refractivity (Wildman–Crippen MR) is 231 cm³/mol. The van der Waals surface area contributed by atoms with E-state index in [4.69, 9.17) is 0 Å². The summed E-state index contributed by atoms with van der Waals surface area (Å²) in [5.74, 6) is 0. The molecule has 1 aliphatic heterocycles. The van der Waals surface area contributed by atoms with E-state index in [9.17, 15) is 0 Å². The molecule has 0 saturated heterocycles. The molecule has 248 valence electrons. The number of fused-ring (bicyclic) bond motifs is 11. The summed E-state index contributed by atoms with van der Waals surface area (Å²) in [4.78, 5) is 5.43. The van der Waals surface area contributed by atoms with Gasteiger partial charge in [0.25, 0.3) is 0 Å². The Balaban J connectivity index is 1.13. The van der Waals surface area contributed by atoms with Gasteiger partial charge in [-0.15, -0.1) is 22.7 Å². The van der Waals surface area contributed by atoms with E-state index in [1.807, 2.05) is 22.7 Å². The van der Waals surface area contributed by atoms with Crippen molar-refractivity contribution in [3.63, 3.8) is 0 Å². The molecule has 0 spiro atoms. The molecule has 0 N–H and O–H groups in total. The third kappa shape index (κ3) is 4.42. The summed E-state index contributed by atoms with van der Waals surface area (Å²) in [7, 11) is -1.26. The summed E-state index contributed by atoms with van der Waals surface area (Å²) < 4.78 is 5.41. The van der Waals surface area contributed by atoms with Gasteiger partial charge in [-0.05, 0) is 94.6 Å². The SMILES string of the molecule is CS1(C)c2cc(N(c3cccc(-c4cccc5ccccc45)c3)c3ccc4c(c3)sc3ccccc34)ccc2-c2c1ccc1c2sc2ccccc21. The summed E-state index contributed by atoms with van der Waals surface area (Å²) in [6.45, 7) is 0. The largest absolute Gasteiger partial charge is 0.310 e. The second kappa shape index (κ2) is 11.3. The molecule has 3 heterocycles. The number of nitrogens with zero attached hydrogens (tertiary/aromatic N) is 1. The number of anilines is 3. The van der Waals surface area contributed by atoms with Crippen LogP contribution in [0.3, 0.4) is 0 Å². The first-order valence-corrected chi connectivity index (χ1v) is 21.7. The maximum Gasteiger partial charge on any atom is 0.0476 e. The van der Waals surface area contributed by atoms with Gasteiger partial charge in [0, 0.05) is 72.8 Å². The van der Waals surface area contributed by atoms with Crippen molar-refractivity contribution in [3.05, 3.63) is 164 Å². The molecule has 0 radical (unpaired) electrons. The number of thiophene rings is 2. The van der Waals surface area contributed by atoms with E-state index in [2.05, 4.69) is 181 Å². The Kier molecular flexibility index (Phi) is 6.58. The molecule has 0 bridgehead atoms. The number of hydrogen-bond donors (Lipinski definition) is 0. The predicted octanol–water partition coefficient (Wildman–Crippen LogP) is 15.2. The average molecular weight is 720 g/mol. The zero-order valence-electron chi connectivity index (χ0n) is 28.8. The highest BCUT2D eigenvalue weighted by Gasteiger charge is 2.34. The molecule has 8 aromatic carbocycles. The van der Waals surface area contributed by atoms with E-state index in [1.165, 1.54) is 94.5 Å². The Morgan fingerprint density at radius 3 is 1.92 bits per heavy atom. The summed E-state index contributed by atoms with van der Waals surface area (Å²) >= 11 is 3.82. The van der Waals surface area contributed by atoms with Crippen LogP contribution in [0.4, 0.5) is 17.1 Å². The number of benzene rings is 8. The van der Waals surface area contributed by atoms with Gasteiger partial charge in [0.15, 0.2) is 0 Å². The van der Waals surface area contributed by atoms with Gasteiger partial charge in [-0.1, -0.05) is 109 Å². The Bertz CT molecular complexity index is 3070. The molecule has 1 nitrogen and oxygen atoms in total. The van der Waals surface area contributed by atoms with Crippen molar-refractivity contribution in [2.24, 2.45) is 0 Å². The van der Waals surface area contributed by atoms with Crippen LogP contribution >= 0.6 is 32.7 Å². The minimum absolute atomic E-state index is 1.15. The molecule has 11 rings (SSSR count). The third-order valence-corrected chi connectivity index (χ3v) is 16.1. The lowest BCUT2D eigenvalue weighted by Crippen LogP contribution is -2.10. The lowest BCUT2D eigenvalue weighted by Gasteiger charge is -2.31. The van der Waals surface area contributed by atoms with Gasteiger partial charge in [0.1, 0.15) is 0 Å². The van der Waals surface area contributed by atoms with Crippen LogP contribution in [0.1, 0.15) is 0 Å². The second-order valence-corrected chi connectivity index (χ2v) is 19.8. The Morgan fingerprint density at radius 2 is 1.06 bits per heavy atom. The van der Waals surface area contributed by atoms with Gasteiger partial charge in [-0.3, -0.25) is 0 Å². The molecule has 0 aliphatic carbocycles. The maximum atomic E-state index is 2.50. The molecule has 10 aromatic rings. The smallest absolute Gasteiger partial charge is 0.0476 e. The first kappa shape index (κ1) is 30.3. The van der Waals surface area contributed by atoms with Crippen LogP contribution in [0.5, 0.6) is 0 Å². The standard InChI is InChI=1S/C48H33NS3/c1-52(2)45-26-25-40-38-17-6-8-20-43(38)51-48(40)47(45)41-24-22-34(29-46(41)52)49(33-21-23-39-37-16-5-7-19-42(37)50-44(39)28-33)32-14-9-13-31(27-32)36-18-10-12-30-11-3-4-15-35(30)36/h3-29H,1-2H3. The molecule has 0 amide bonds. The second-order valence-electron chi connectivity index (χ2n) is 14.1. The average Bonchev–Trinajstić information content (AvgIpc) is 3.82. The van der Waals surface area contributed by atoms with Gasteiger partial charge in [-0.25, -0.2) is 0 Å². The van der Waals surface area contributed by atoms with Crippen molar-refractivity contribution in [1.29, 1.82) is 0 Å². The van der Waals surface area contributed by atoms with Gasteiger partial charge < -0.3 is 4.90 Å². The highest BCUT2D eigenvalue weighted by molar-refractivity contribution is 8.33. The van der Waals surface area contributed by atoms with Gasteiger partial charge in [0.2, 0.25) is 0 Å². The monoisotopic (exact) mass is 719 g/mol. The third-order valence-electron chi connectivity index (χ3n) is 10.9. The minimum Gasteiger partial charge on any atom is -0.310 e. The lowest BCUT2D eigenvalue weighted by atomic mass is 9.97. The van der Waals surface area contributed by atoms with E-state index >= 15 is 0 Å². The van der Waals surface area contributed by atoms with Crippen molar-refractivity contribution in [2.45, 2.75) is 9.79 Å². The van der Waals surface area contributed by atoms with Gasteiger partial charge in [-0.2, -0.15) is 10.0 Å². The molecule has 0 fully saturated rings. The highest BCUT2D eigenvalue weighted by atomic mass is 32.3. The number of hydrogen-bond acceptors (Lipinski definition) is 3. The van der Waals surface area contributed by atoms with E-state index in [1.54, 1.807) is 0 Å². The van der Waals surface area contributed by atoms with Crippen LogP contribution in [-0.4, -0.2) is 12.5 Å². The lowest BCUT2D eigenvalue weighted by molar-refractivity contribution is 1.27. The summed E-state index contributed by atoms with van der Waals surface area (Å²) in [5.41, 5.74) is 8.81. The van der Waals surface area contributed by atoms with E-state index in [0.29, 0.717) is 0 Å². The fourth-order valence-corrected chi connectivity index (χ4v) is 13.4. The molecule has 4 heteroatoms. The van der Waals surface area contributed by atoms with Crippen LogP contribution in [0.15, 0.2) is 174 Å². The first-order valence-electron chi connectivity index (χ1n) is 17.6. The summed E-state index contributed by atoms with van der Waals surface area (Å²) in [6.07, 6.45) is 4.96. The quantitative estimate of drug-likeness (QED) is 0.175. The fraction of sp³-hybridized carbons (Fsp3) is 0.0417. The van der Waals surface area contributed by atoms with Crippen molar-refractivity contribution in [3.8, 4) is 22.3 Å². The van der Waals surface area contributed by atoms with Crippen LogP contribution in [0.25, 0.3) is 73.4 Å². The molecule has 0 saturated carbocycles. The minimum atomic E-state index is -1.26. The molecule has 52 heavy (non-hydrogen) atoms. The molecule has 2 aromatic heterocycles. The van der Waals surface area contributed by atoms with Crippen molar-refractivity contribution < 1.29 is 0 Å². The maximum absolute atomic E-state index is 2.50.